The van der Waals surface area contributed by atoms with Crippen molar-refractivity contribution in [1.29, 1.82) is 0 Å². The van der Waals surface area contributed by atoms with Gasteiger partial charge in [0, 0.05) is 19.6 Å². The van der Waals surface area contributed by atoms with Crippen LogP contribution in [0.5, 0.6) is 5.75 Å². The molecule has 7 heteroatoms. The summed E-state index contributed by atoms with van der Waals surface area (Å²) >= 11 is 0. The van der Waals surface area contributed by atoms with Crippen LogP contribution in [0.2, 0.25) is 0 Å². The Balaban J connectivity index is 1.86. The molecule has 0 aliphatic carbocycles. The molecule has 6 nitrogen and oxygen atoms in total. The summed E-state index contributed by atoms with van der Waals surface area (Å²) in [5.74, 6) is 1.01. The largest absolute Gasteiger partial charge is 0.497 e. The standard InChI is InChI=1S/C16H24N2O4S/c1-17(10-13-4-6-15(22-3)7-5-13)11-16(19)18(2)14-8-9-23(20,21)12-14/h4-7,14H,8-12H2,1-3H3. The Morgan fingerprint density at radius 3 is 2.43 bits per heavy atom. The van der Waals surface area contributed by atoms with Crippen LogP contribution in [-0.4, -0.2) is 69.4 Å². The van der Waals surface area contributed by atoms with Crippen molar-refractivity contribution < 1.29 is 17.9 Å². The number of rotatable bonds is 6. The molecule has 1 aliphatic heterocycles. The first-order chi connectivity index (χ1) is 10.8. The number of amides is 1. The molecule has 0 N–H and O–H groups in total. The highest BCUT2D eigenvalue weighted by Crippen LogP contribution is 2.17. The zero-order chi connectivity index (χ0) is 17.0. The van der Waals surface area contributed by atoms with Gasteiger partial charge in [-0.15, -0.1) is 0 Å². The molecule has 1 heterocycles. The van der Waals surface area contributed by atoms with Gasteiger partial charge in [-0.2, -0.15) is 0 Å². The predicted molar refractivity (Wildman–Crippen MR) is 89.2 cm³/mol. The second-order valence-corrected chi connectivity index (χ2v) is 8.31. The molecule has 1 atom stereocenters. The molecule has 0 bridgehead atoms. The molecular formula is C16H24N2O4S. The Kier molecular flexibility index (Phi) is 5.64. The number of methoxy groups -OCH3 is 1. The summed E-state index contributed by atoms with van der Waals surface area (Å²) in [7, 11) is 2.21. The summed E-state index contributed by atoms with van der Waals surface area (Å²) in [6.45, 7) is 0.908. The second-order valence-electron chi connectivity index (χ2n) is 6.08. The van der Waals surface area contributed by atoms with Crippen LogP contribution in [0.1, 0.15) is 12.0 Å². The van der Waals surface area contributed by atoms with Gasteiger partial charge in [0.15, 0.2) is 9.84 Å². The van der Waals surface area contributed by atoms with E-state index in [1.807, 2.05) is 36.2 Å². The summed E-state index contributed by atoms with van der Waals surface area (Å²) < 4.78 is 28.2. The minimum Gasteiger partial charge on any atom is -0.497 e. The lowest BCUT2D eigenvalue weighted by atomic mass is 10.2. The molecule has 0 saturated carbocycles. The van der Waals surface area contributed by atoms with Crippen LogP contribution in [0, 0.1) is 0 Å². The van der Waals surface area contributed by atoms with Crippen LogP contribution in [0.25, 0.3) is 0 Å². The average molecular weight is 340 g/mol. The van der Waals surface area contributed by atoms with Gasteiger partial charge < -0.3 is 9.64 Å². The van der Waals surface area contributed by atoms with Crippen LogP contribution in [0.4, 0.5) is 0 Å². The average Bonchev–Trinajstić information content (AvgIpc) is 2.87. The lowest BCUT2D eigenvalue weighted by Crippen LogP contribution is -2.42. The maximum Gasteiger partial charge on any atom is 0.236 e. The van der Waals surface area contributed by atoms with E-state index in [4.69, 9.17) is 4.74 Å². The van der Waals surface area contributed by atoms with Gasteiger partial charge >= 0.3 is 0 Å². The molecule has 1 amide bonds. The number of likely N-dealkylation sites (N-methyl/N-ethyl adjacent to an activating group) is 2. The van der Waals surface area contributed by atoms with Crippen LogP contribution < -0.4 is 4.74 Å². The SMILES string of the molecule is COc1ccc(CN(C)CC(=O)N(C)C2CCS(=O)(=O)C2)cc1. The van der Waals surface area contributed by atoms with Crippen molar-refractivity contribution in [1.82, 2.24) is 9.80 Å². The zero-order valence-electron chi connectivity index (χ0n) is 13.9. The van der Waals surface area contributed by atoms with E-state index in [1.165, 1.54) is 0 Å². The highest BCUT2D eigenvalue weighted by Gasteiger charge is 2.32. The Hall–Kier alpha value is -1.60. The number of carbonyl (C=O) groups excluding carboxylic acids is 1. The molecule has 1 aliphatic rings. The van der Waals surface area contributed by atoms with E-state index in [0.717, 1.165) is 11.3 Å². The van der Waals surface area contributed by atoms with E-state index in [9.17, 15) is 13.2 Å². The first-order valence-electron chi connectivity index (χ1n) is 7.58. The van der Waals surface area contributed by atoms with Crippen molar-refractivity contribution in [3.05, 3.63) is 29.8 Å². The van der Waals surface area contributed by atoms with Crippen LogP contribution in [0.3, 0.4) is 0 Å². The summed E-state index contributed by atoms with van der Waals surface area (Å²) in [6, 6.07) is 7.52. The number of ether oxygens (including phenoxy) is 1. The fraction of sp³-hybridized carbons (Fsp3) is 0.562. The Morgan fingerprint density at radius 2 is 1.91 bits per heavy atom. The Bertz CT molecular complexity index is 643. The van der Waals surface area contributed by atoms with Crippen molar-refractivity contribution in [2.45, 2.75) is 19.0 Å². The molecule has 1 fully saturated rings. The van der Waals surface area contributed by atoms with Crippen molar-refractivity contribution in [3.8, 4) is 5.75 Å². The monoisotopic (exact) mass is 340 g/mol. The topological polar surface area (TPSA) is 66.9 Å². The molecule has 0 aromatic heterocycles. The van der Waals surface area contributed by atoms with Crippen molar-refractivity contribution in [2.75, 3.05) is 39.3 Å². The summed E-state index contributed by atoms with van der Waals surface area (Å²) in [5.41, 5.74) is 1.09. The molecule has 0 spiro atoms. The molecule has 2 rings (SSSR count). The van der Waals surface area contributed by atoms with Gasteiger partial charge in [0.25, 0.3) is 0 Å². The molecule has 1 aromatic rings. The molecule has 1 aromatic carbocycles. The van der Waals surface area contributed by atoms with Crippen LogP contribution in [0.15, 0.2) is 24.3 Å². The maximum absolute atomic E-state index is 12.3. The van der Waals surface area contributed by atoms with Gasteiger partial charge in [-0.1, -0.05) is 12.1 Å². The van der Waals surface area contributed by atoms with Gasteiger partial charge in [-0.05, 0) is 31.2 Å². The number of sulfone groups is 1. The quantitative estimate of drug-likeness (QED) is 0.765. The zero-order valence-corrected chi connectivity index (χ0v) is 14.7. The van der Waals surface area contributed by atoms with Gasteiger partial charge in [-0.3, -0.25) is 9.69 Å². The lowest BCUT2D eigenvalue weighted by molar-refractivity contribution is -0.132. The third-order valence-corrected chi connectivity index (χ3v) is 5.92. The first kappa shape index (κ1) is 17.7. The minimum atomic E-state index is -2.98. The van der Waals surface area contributed by atoms with Crippen molar-refractivity contribution in [2.24, 2.45) is 0 Å². The molecule has 0 radical (unpaired) electrons. The summed E-state index contributed by atoms with van der Waals surface area (Å²) in [6.07, 6.45) is 0.534. The van der Waals surface area contributed by atoms with Gasteiger partial charge in [0.2, 0.25) is 5.91 Å². The van der Waals surface area contributed by atoms with Crippen molar-refractivity contribution >= 4 is 15.7 Å². The first-order valence-corrected chi connectivity index (χ1v) is 9.40. The molecule has 1 unspecified atom stereocenters. The number of carbonyl (C=O) groups is 1. The third-order valence-electron chi connectivity index (χ3n) is 4.17. The fourth-order valence-corrected chi connectivity index (χ4v) is 4.50. The molecule has 128 valence electrons. The van der Waals surface area contributed by atoms with Gasteiger partial charge in [0.05, 0.1) is 25.2 Å². The van der Waals surface area contributed by atoms with Crippen molar-refractivity contribution in [3.63, 3.8) is 0 Å². The normalized spacial score (nSPS) is 19.7. The van der Waals surface area contributed by atoms with Crippen LogP contribution in [-0.2, 0) is 21.2 Å². The van der Waals surface area contributed by atoms with E-state index in [-0.39, 0.29) is 30.0 Å². The highest BCUT2D eigenvalue weighted by molar-refractivity contribution is 7.91. The predicted octanol–water partition coefficient (Wildman–Crippen LogP) is 0.773. The number of hydrogen-bond donors (Lipinski definition) is 0. The Morgan fingerprint density at radius 1 is 1.26 bits per heavy atom. The van der Waals surface area contributed by atoms with E-state index >= 15 is 0 Å². The fourth-order valence-electron chi connectivity index (χ4n) is 2.73. The molecule has 23 heavy (non-hydrogen) atoms. The maximum atomic E-state index is 12.3. The van der Waals surface area contributed by atoms with Gasteiger partial charge in [0.1, 0.15) is 5.75 Å². The lowest BCUT2D eigenvalue weighted by Gasteiger charge is -2.26. The highest BCUT2D eigenvalue weighted by atomic mass is 32.2. The second kappa shape index (κ2) is 7.31. The van der Waals surface area contributed by atoms with E-state index in [2.05, 4.69) is 0 Å². The molecular weight excluding hydrogens is 316 g/mol. The van der Waals surface area contributed by atoms with E-state index in [0.29, 0.717) is 13.0 Å². The van der Waals surface area contributed by atoms with E-state index < -0.39 is 9.84 Å². The van der Waals surface area contributed by atoms with E-state index in [1.54, 1.807) is 19.1 Å². The summed E-state index contributed by atoms with van der Waals surface area (Å²) in [5, 5.41) is 0. The summed E-state index contributed by atoms with van der Waals surface area (Å²) in [4.78, 5) is 15.8. The Labute approximate surface area is 137 Å². The number of hydrogen-bond acceptors (Lipinski definition) is 5. The minimum absolute atomic E-state index is 0.0527. The number of nitrogens with zero attached hydrogens (tertiary/aromatic N) is 2. The van der Waals surface area contributed by atoms with Gasteiger partial charge in [-0.25, -0.2) is 8.42 Å². The van der Waals surface area contributed by atoms with Crippen LogP contribution >= 0.6 is 0 Å². The number of benzene rings is 1. The molecule has 1 saturated heterocycles. The third kappa shape index (κ3) is 4.94. The smallest absolute Gasteiger partial charge is 0.236 e.